The number of carboxylic acids is 1. The summed E-state index contributed by atoms with van der Waals surface area (Å²) in [5.74, 6) is 0.0785. The van der Waals surface area contributed by atoms with E-state index in [9.17, 15) is 9.90 Å². The second-order valence-corrected chi connectivity index (χ2v) is 4.27. The number of methoxy groups -OCH3 is 1. The average Bonchev–Trinajstić information content (AvgIpc) is 2.45. The Kier molecular flexibility index (Phi) is 2.63. The van der Waals surface area contributed by atoms with Crippen molar-refractivity contribution in [3.8, 4) is 22.6 Å². The maximum absolute atomic E-state index is 11.4. The molecule has 2 aromatic carbocycles. The van der Waals surface area contributed by atoms with Gasteiger partial charge in [-0.2, -0.15) is 0 Å². The van der Waals surface area contributed by atoms with Crippen LogP contribution in [0.3, 0.4) is 0 Å². The second-order valence-electron chi connectivity index (χ2n) is 4.27. The number of fused-ring (bicyclic) bond motifs is 3. The molecule has 0 saturated heterocycles. The normalized spacial score (nSPS) is 12.1. The molecule has 0 radical (unpaired) electrons. The van der Waals surface area contributed by atoms with Crippen LogP contribution >= 0.6 is 0 Å². The van der Waals surface area contributed by atoms with Crippen LogP contribution in [-0.4, -0.2) is 18.2 Å². The summed E-state index contributed by atoms with van der Waals surface area (Å²) in [5.41, 5.74) is 2.68. The van der Waals surface area contributed by atoms with Gasteiger partial charge in [-0.3, -0.25) is 0 Å². The van der Waals surface area contributed by atoms with Crippen LogP contribution in [0, 0.1) is 0 Å². The predicted octanol–water partition coefficient (Wildman–Crippen LogP) is 2.95. The summed E-state index contributed by atoms with van der Waals surface area (Å²) >= 11 is 0. The molecular formula is C15H12O4. The van der Waals surface area contributed by atoms with Crippen LogP contribution in [0.5, 0.6) is 11.5 Å². The van der Waals surface area contributed by atoms with Crippen LogP contribution in [0.2, 0.25) is 0 Å². The number of ether oxygens (including phenoxy) is 2. The topological polar surface area (TPSA) is 55.8 Å². The van der Waals surface area contributed by atoms with Crippen LogP contribution in [-0.2, 0) is 6.61 Å². The summed E-state index contributed by atoms with van der Waals surface area (Å²) < 4.78 is 10.9. The molecule has 4 heteroatoms. The smallest absolute Gasteiger partial charge is 0.336 e. The standard InChI is InChI=1S/C15H12O4/c1-18-12-7-6-11(15(16)17)13-10-5-3-2-4-9(10)8-19-14(12)13/h2-7H,8H2,1H3,(H,16,17). The molecule has 1 aliphatic heterocycles. The van der Waals surface area contributed by atoms with Crippen molar-refractivity contribution < 1.29 is 19.4 Å². The van der Waals surface area contributed by atoms with Gasteiger partial charge in [0.05, 0.1) is 12.7 Å². The molecule has 1 aliphatic rings. The van der Waals surface area contributed by atoms with Gasteiger partial charge in [0.1, 0.15) is 6.61 Å². The van der Waals surface area contributed by atoms with Gasteiger partial charge in [-0.1, -0.05) is 24.3 Å². The maximum atomic E-state index is 11.4. The minimum absolute atomic E-state index is 0.225. The molecule has 0 unspecified atom stereocenters. The highest BCUT2D eigenvalue weighted by atomic mass is 16.5. The van der Waals surface area contributed by atoms with Gasteiger partial charge in [-0.25, -0.2) is 4.79 Å². The van der Waals surface area contributed by atoms with Crippen LogP contribution in [0.25, 0.3) is 11.1 Å². The van der Waals surface area contributed by atoms with Gasteiger partial charge in [0, 0.05) is 5.56 Å². The van der Waals surface area contributed by atoms with Gasteiger partial charge in [0.15, 0.2) is 11.5 Å². The summed E-state index contributed by atoms with van der Waals surface area (Å²) in [4.78, 5) is 11.4. The fourth-order valence-electron chi connectivity index (χ4n) is 2.35. The van der Waals surface area contributed by atoms with Crippen LogP contribution in [0.1, 0.15) is 15.9 Å². The molecule has 4 nitrogen and oxygen atoms in total. The van der Waals surface area contributed by atoms with Crippen molar-refractivity contribution >= 4 is 5.97 Å². The van der Waals surface area contributed by atoms with Crippen LogP contribution in [0.15, 0.2) is 36.4 Å². The molecule has 2 aromatic rings. The van der Waals surface area contributed by atoms with Gasteiger partial charge in [0.25, 0.3) is 0 Å². The highest BCUT2D eigenvalue weighted by molar-refractivity contribution is 5.99. The minimum atomic E-state index is -0.973. The van der Waals surface area contributed by atoms with Gasteiger partial charge in [-0.05, 0) is 23.3 Å². The van der Waals surface area contributed by atoms with Gasteiger partial charge < -0.3 is 14.6 Å². The third kappa shape index (κ3) is 1.73. The Morgan fingerprint density at radius 2 is 2.05 bits per heavy atom. The molecule has 1 heterocycles. The van der Waals surface area contributed by atoms with E-state index in [2.05, 4.69) is 0 Å². The fourth-order valence-corrected chi connectivity index (χ4v) is 2.35. The van der Waals surface area contributed by atoms with Crippen molar-refractivity contribution in [2.75, 3.05) is 7.11 Å². The van der Waals surface area contributed by atoms with Crippen LogP contribution < -0.4 is 9.47 Å². The highest BCUT2D eigenvalue weighted by Gasteiger charge is 2.26. The highest BCUT2D eigenvalue weighted by Crippen LogP contribution is 2.45. The van der Waals surface area contributed by atoms with Crippen molar-refractivity contribution in [2.45, 2.75) is 6.61 Å². The molecule has 0 fully saturated rings. The Balaban J connectivity index is 2.35. The molecule has 0 bridgehead atoms. The largest absolute Gasteiger partial charge is 0.493 e. The number of benzene rings is 2. The van der Waals surface area contributed by atoms with E-state index in [1.165, 1.54) is 0 Å². The fraction of sp³-hybridized carbons (Fsp3) is 0.133. The average molecular weight is 256 g/mol. The van der Waals surface area contributed by atoms with E-state index in [1.807, 2.05) is 24.3 Å². The number of aromatic carboxylic acids is 1. The lowest BCUT2D eigenvalue weighted by atomic mass is 9.92. The Labute approximate surface area is 110 Å². The second kappa shape index (κ2) is 4.31. The van der Waals surface area contributed by atoms with E-state index in [4.69, 9.17) is 9.47 Å². The molecule has 96 valence electrons. The zero-order chi connectivity index (χ0) is 13.4. The van der Waals surface area contributed by atoms with Crippen molar-refractivity contribution in [3.63, 3.8) is 0 Å². The first-order valence-electron chi connectivity index (χ1n) is 5.87. The monoisotopic (exact) mass is 256 g/mol. The summed E-state index contributed by atoms with van der Waals surface area (Å²) in [5, 5.41) is 9.33. The molecule has 0 aliphatic carbocycles. The van der Waals surface area contributed by atoms with Crippen molar-refractivity contribution in [2.24, 2.45) is 0 Å². The Morgan fingerprint density at radius 1 is 1.26 bits per heavy atom. The third-order valence-electron chi connectivity index (χ3n) is 3.23. The zero-order valence-electron chi connectivity index (χ0n) is 10.3. The molecule has 0 amide bonds. The van der Waals surface area contributed by atoms with E-state index in [0.717, 1.165) is 11.1 Å². The van der Waals surface area contributed by atoms with E-state index in [1.54, 1.807) is 19.2 Å². The summed E-state index contributed by atoms with van der Waals surface area (Å²) in [6, 6.07) is 10.8. The summed E-state index contributed by atoms with van der Waals surface area (Å²) in [6.07, 6.45) is 0. The summed E-state index contributed by atoms with van der Waals surface area (Å²) in [6.45, 7) is 0.419. The number of hydrogen-bond acceptors (Lipinski definition) is 3. The molecule has 19 heavy (non-hydrogen) atoms. The molecular weight excluding hydrogens is 244 g/mol. The van der Waals surface area contributed by atoms with E-state index >= 15 is 0 Å². The van der Waals surface area contributed by atoms with E-state index in [0.29, 0.717) is 23.7 Å². The predicted molar refractivity (Wildman–Crippen MR) is 69.7 cm³/mol. The van der Waals surface area contributed by atoms with E-state index in [-0.39, 0.29) is 5.56 Å². The number of carbonyl (C=O) groups is 1. The molecule has 0 aromatic heterocycles. The number of carboxylic acid groups (broad SMARTS) is 1. The maximum Gasteiger partial charge on any atom is 0.336 e. The first-order chi connectivity index (χ1) is 9.22. The van der Waals surface area contributed by atoms with E-state index < -0.39 is 5.97 Å². The van der Waals surface area contributed by atoms with Crippen molar-refractivity contribution in [1.82, 2.24) is 0 Å². The lowest BCUT2D eigenvalue weighted by Gasteiger charge is -2.23. The van der Waals surface area contributed by atoms with Gasteiger partial charge in [0.2, 0.25) is 0 Å². The third-order valence-corrected chi connectivity index (χ3v) is 3.23. The lowest BCUT2D eigenvalue weighted by Crippen LogP contribution is -2.11. The zero-order valence-corrected chi connectivity index (χ0v) is 10.3. The van der Waals surface area contributed by atoms with Crippen LogP contribution in [0.4, 0.5) is 0 Å². The number of rotatable bonds is 2. The Hall–Kier alpha value is -2.49. The molecule has 0 spiro atoms. The first-order valence-corrected chi connectivity index (χ1v) is 5.87. The van der Waals surface area contributed by atoms with Gasteiger partial charge >= 0.3 is 5.97 Å². The molecule has 0 atom stereocenters. The Bertz CT molecular complexity index is 661. The summed E-state index contributed by atoms with van der Waals surface area (Å²) in [7, 11) is 1.54. The first kappa shape index (κ1) is 11.6. The van der Waals surface area contributed by atoms with Gasteiger partial charge in [-0.15, -0.1) is 0 Å². The molecule has 3 rings (SSSR count). The number of hydrogen-bond donors (Lipinski definition) is 1. The molecule has 1 N–H and O–H groups in total. The molecule has 0 saturated carbocycles. The Morgan fingerprint density at radius 3 is 2.79 bits per heavy atom. The quantitative estimate of drug-likeness (QED) is 0.897. The lowest BCUT2D eigenvalue weighted by molar-refractivity contribution is 0.0697. The van der Waals surface area contributed by atoms with Crippen molar-refractivity contribution in [1.29, 1.82) is 0 Å². The SMILES string of the molecule is COc1ccc(C(=O)O)c2c1OCc1ccccc1-2. The minimum Gasteiger partial charge on any atom is -0.493 e. The van der Waals surface area contributed by atoms with Crippen molar-refractivity contribution in [3.05, 3.63) is 47.5 Å².